The molecule has 3 aliphatic rings. The molecule has 0 aliphatic carbocycles. The van der Waals surface area contributed by atoms with Gasteiger partial charge in [-0.15, -0.1) is 32.9 Å². The lowest BCUT2D eigenvalue weighted by atomic mass is 9.85. The number of aryl methyl sites for hydroxylation is 3. The summed E-state index contributed by atoms with van der Waals surface area (Å²) in [7, 11) is 0. The number of nitrogens with one attached hydrogen (secondary N) is 3. The van der Waals surface area contributed by atoms with Crippen molar-refractivity contribution in [2.24, 2.45) is 10.4 Å². The van der Waals surface area contributed by atoms with E-state index < -0.39 is 41.5 Å². The Bertz CT molecular complexity index is 2700. The van der Waals surface area contributed by atoms with Crippen LogP contribution in [0.15, 0.2) is 59.0 Å². The number of aliphatic imine (C=N–C) groups is 1. The number of aliphatic hydroxyl groups is 1. The summed E-state index contributed by atoms with van der Waals surface area (Å²) in [6.45, 7) is 16.0. The number of benzene rings is 2. The van der Waals surface area contributed by atoms with E-state index in [0.717, 1.165) is 80.9 Å². The molecule has 0 unspecified atom stereocenters. The van der Waals surface area contributed by atoms with Crippen molar-refractivity contribution in [2.45, 2.75) is 111 Å². The van der Waals surface area contributed by atoms with E-state index in [9.17, 15) is 24.3 Å². The molecule has 3 aliphatic heterocycles. The average molecular weight is 998 g/mol. The lowest BCUT2D eigenvalue weighted by molar-refractivity contribution is -0.144. The van der Waals surface area contributed by atoms with Crippen molar-refractivity contribution in [1.29, 1.82) is 0 Å². The fourth-order valence-corrected chi connectivity index (χ4v) is 11.4. The van der Waals surface area contributed by atoms with Gasteiger partial charge in [0.25, 0.3) is 0 Å². The number of halogens is 1. The summed E-state index contributed by atoms with van der Waals surface area (Å²) >= 11 is 9.52. The Morgan fingerprint density at radius 1 is 0.957 bits per heavy atom. The molecule has 16 nitrogen and oxygen atoms in total. The lowest BCUT2D eigenvalue weighted by Gasteiger charge is -2.35. The van der Waals surface area contributed by atoms with E-state index in [1.165, 1.54) is 9.78 Å². The number of fused-ring (bicyclic) bond motifs is 3. The van der Waals surface area contributed by atoms with Gasteiger partial charge in [-0.3, -0.25) is 28.7 Å². The van der Waals surface area contributed by atoms with Gasteiger partial charge >= 0.3 is 0 Å². The molecule has 2 fully saturated rings. The number of thiophene rings is 1. The quantitative estimate of drug-likeness (QED) is 0.0900. The van der Waals surface area contributed by atoms with Crippen molar-refractivity contribution in [2.75, 3.05) is 39.4 Å². The van der Waals surface area contributed by atoms with Gasteiger partial charge in [-0.2, -0.15) is 0 Å². The molecule has 2 aromatic carbocycles. The second kappa shape index (κ2) is 21.3. The number of nitrogens with zero attached hydrogens (tertiary/aromatic N) is 7. The molecule has 0 saturated carbocycles. The topological polar surface area (TPSA) is 196 Å². The second-order valence-electron chi connectivity index (χ2n) is 19.3. The predicted molar refractivity (Wildman–Crippen MR) is 268 cm³/mol. The number of aromatic nitrogens is 4. The van der Waals surface area contributed by atoms with Crippen molar-refractivity contribution < 1.29 is 29.0 Å². The third-order valence-electron chi connectivity index (χ3n) is 13.2. The highest BCUT2D eigenvalue weighted by atomic mass is 35.5. The Hall–Kier alpha value is -5.37. The van der Waals surface area contributed by atoms with Crippen LogP contribution >= 0.6 is 34.3 Å². The Morgan fingerprint density at radius 3 is 2.35 bits per heavy atom. The van der Waals surface area contributed by atoms with E-state index >= 15 is 0 Å². The highest BCUT2D eigenvalue weighted by Gasteiger charge is 2.44. The molecule has 0 radical (unpaired) electrons. The van der Waals surface area contributed by atoms with Gasteiger partial charge in [-0.25, -0.2) is 4.98 Å². The van der Waals surface area contributed by atoms with E-state index in [1.807, 2.05) is 93.2 Å². The van der Waals surface area contributed by atoms with Crippen LogP contribution in [-0.4, -0.2) is 128 Å². The summed E-state index contributed by atoms with van der Waals surface area (Å²) in [6.07, 6.45) is 0.841. The fraction of sp³-hybridized carbons (Fsp3) is 0.480. The number of hydrogen-bond donors (Lipinski definition) is 4. The Morgan fingerprint density at radius 2 is 1.67 bits per heavy atom. The van der Waals surface area contributed by atoms with Crippen molar-refractivity contribution in [1.82, 2.24) is 45.5 Å². The molecule has 2 saturated heterocycles. The second-order valence-corrected chi connectivity index (χ2v) is 21.8. The summed E-state index contributed by atoms with van der Waals surface area (Å²) in [5.74, 6) is 0.0135. The van der Waals surface area contributed by atoms with Crippen LogP contribution in [0.1, 0.15) is 97.0 Å². The maximum atomic E-state index is 14.1. The highest BCUT2D eigenvalue weighted by molar-refractivity contribution is 7.15. The number of aliphatic hydroxyl groups excluding tert-OH is 1. The molecule has 8 rings (SSSR count). The van der Waals surface area contributed by atoms with Gasteiger partial charge in [0.05, 0.1) is 40.9 Å². The first kappa shape index (κ1) is 50.0. The standard InChI is InChI=1S/C50H61ClN10O6S2/c1-28-30(3)69-49-42(28)43(33-12-14-35(51)15-13-33)55-38(46-58-57-31(4)61(46)49)23-40(63)54-36-16-18-59(19-17-36)20-21-67-26-41(64)56-45(50(5,6)7)48(66)60-25-37(62)22-39(60)47(65)52-24-32-8-10-34(11-9-32)44-29(2)53-27-68-44/h8-15,27,36-39,45,62H,16-26H2,1-7H3,(H,52,65)(H,54,63)(H,56,64)/t37-,38+,39+,45-/m1/s1. The van der Waals surface area contributed by atoms with Gasteiger partial charge in [-0.05, 0) is 74.8 Å². The number of ether oxygens (including phenoxy) is 1. The predicted octanol–water partition coefficient (Wildman–Crippen LogP) is 6.03. The van der Waals surface area contributed by atoms with Crippen LogP contribution in [0.2, 0.25) is 5.02 Å². The third-order valence-corrected chi connectivity index (χ3v) is 15.6. The van der Waals surface area contributed by atoms with Crippen LogP contribution in [0, 0.1) is 33.1 Å². The van der Waals surface area contributed by atoms with Gasteiger partial charge in [0.2, 0.25) is 23.6 Å². The van der Waals surface area contributed by atoms with E-state index in [4.69, 9.17) is 21.3 Å². The minimum absolute atomic E-state index is 0.0112. The molecule has 0 spiro atoms. The first-order valence-electron chi connectivity index (χ1n) is 23.5. The SMILES string of the molecule is Cc1ncsc1-c1ccc(CNC(=O)[C@@H]2C[C@@H](O)CN2C(=O)[C@@H](NC(=O)COCCN2CCC(NC(=O)C[C@@H]3N=C(c4ccc(Cl)cc4)c4c(sc(C)c4C)-n4c(C)nnc43)CC2)C(C)(C)C)cc1. The Balaban J connectivity index is 0.791. The van der Waals surface area contributed by atoms with Crippen molar-refractivity contribution >= 4 is 63.6 Å². The normalized spacial score (nSPS) is 19.1. The van der Waals surface area contributed by atoms with Gasteiger partial charge in [-0.1, -0.05) is 68.8 Å². The summed E-state index contributed by atoms with van der Waals surface area (Å²) in [4.78, 5) is 70.1. The molecule has 0 bridgehead atoms. The number of amides is 4. The fourth-order valence-electron chi connectivity index (χ4n) is 9.24. The van der Waals surface area contributed by atoms with E-state index in [1.54, 1.807) is 22.7 Å². The summed E-state index contributed by atoms with van der Waals surface area (Å²) < 4.78 is 7.85. The molecule has 4 N–H and O–H groups in total. The first-order valence-corrected chi connectivity index (χ1v) is 25.5. The zero-order valence-electron chi connectivity index (χ0n) is 40.2. The van der Waals surface area contributed by atoms with Crippen LogP contribution in [0.3, 0.4) is 0 Å². The maximum absolute atomic E-state index is 14.1. The van der Waals surface area contributed by atoms with E-state index in [0.29, 0.717) is 24.0 Å². The molecule has 4 atom stereocenters. The van der Waals surface area contributed by atoms with Gasteiger partial charge in [0, 0.05) is 66.2 Å². The minimum Gasteiger partial charge on any atom is -0.391 e. The van der Waals surface area contributed by atoms with Crippen LogP contribution in [0.25, 0.3) is 15.4 Å². The maximum Gasteiger partial charge on any atom is 0.246 e. The molecule has 6 heterocycles. The minimum atomic E-state index is -0.962. The smallest absolute Gasteiger partial charge is 0.246 e. The monoisotopic (exact) mass is 996 g/mol. The summed E-state index contributed by atoms with van der Waals surface area (Å²) in [6, 6.07) is 13.1. The van der Waals surface area contributed by atoms with E-state index in [-0.39, 0.29) is 50.4 Å². The Labute approximate surface area is 415 Å². The molecule has 4 amide bonds. The van der Waals surface area contributed by atoms with Crippen LogP contribution in [0.4, 0.5) is 0 Å². The van der Waals surface area contributed by atoms with Crippen molar-refractivity contribution in [3.8, 4) is 15.4 Å². The van der Waals surface area contributed by atoms with Crippen molar-refractivity contribution in [3.63, 3.8) is 0 Å². The lowest BCUT2D eigenvalue weighted by Crippen LogP contribution is -2.58. The van der Waals surface area contributed by atoms with Crippen LogP contribution in [0.5, 0.6) is 0 Å². The third kappa shape index (κ3) is 11.5. The largest absolute Gasteiger partial charge is 0.391 e. The molecule has 366 valence electrons. The number of piperidine rings is 1. The van der Waals surface area contributed by atoms with Gasteiger partial charge in [0.1, 0.15) is 35.6 Å². The first-order chi connectivity index (χ1) is 32.9. The van der Waals surface area contributed by atoms with Gasteiger partial charge in [0.15, 0.2) is 5.82 Å². The molecular formula is C50H61ClN10O6S2. The Kier molecular flexibility index (Phi) is 15.5. The summed E-state index contributed by atoms with van der Waals surface area (Å²) in [5.41, 5.74) is 7.88. The van der Waals surface area contributed by atoms with Crippen LogP contribution < -0.4 is 16.0 Å². The molecule has 3 aromatic heterocycles. The number of β-amino-alcohol motifs (C(OH)–C–C–N with tert-alkyl or cyclic N) is 1. The number of thiazole rings is 1. The van der Waals surface area contributed by atoms with E-state index in [2.05, 4.69) is 49.9 Å². The number of carbonyl (C=O) groups excluding carboxylic acids is 4. The molecular weight excluding hydrogens is 936 g/mol. The van der Waals surface area contributed by atoms with Crippen LogP contribution in [-0.2, 0) is 30.5 Å². The zero-order valence-corrected chi connectivity index (χ0v) is 42.6. The summed E-state index contributed by atoms with van der Waals surface area (Å²) in [5, 5.41) is 30.3. The highest BCUT2D eigenvalue weighted by Crippen LogP contribution is 2.40. The molecule has 5 aromatic rings. The number of carbonyl (C=O) groups is 4. The molecule has 19 heteroatoms. The van der Waals surface area contributed by atoms with Crippen molar-refractivity contribution in [3.05, 3.63) is 104 Å². The average Bonchev–Trinajstić information content (AvgIpc) is 4.08. The molecule has 69 heavy (non-hydrogen) atoms. The number of rotatable bonds is 15. The number of hydrogen-bond acceptors (Lipinski definition) is 13. The van der Waals surface area contributed by atoms with Gasteiger partial charge < -0.3 is 35.6 Å². The zero-order chi connectivity index (χ0) is 49.1. The number of likely N-dealkylation sites (tertiary alicyclic amines) is 2.